The van der Waals surface area contributed by atoms with Crippen molar-refractivity contribution in [2.45, 2.75) is 4.90 Å². The predicted octanol–water partition coefficient (Wildman–Crippen LogP) is -0.522. The Morgan fingerprint density at radius 2 is 1.63 bits per heavy atom. The molecule has 0 heterocycles. The van der Waals surface area contributed by atoms with E-state index in [9.17, 15) is 8.60 Å². The first-order chi connectivity index (χ1) is 8.65. The maximum Gasteiger partial charge on any atom is 1.00 e. The number of nitrogen functional groups attached to an aromatic ring is 1. The molecule has 0 aromatic heterocycles. The molecule has 2 rings (SSSR count). The van der Waals surface area contributed by atoms with Crippen LogP contribution in [-0.4, -0.2) is 4.21 Å². The van der Waals surface area contributed by atoms with Gasteiger partial charge in [0.1, 0.15) is 5.82 Å². The third-order valence-electron chi connectivity index (χ3n) is 2.15. The first-order valence-electron chi connectivity index (χ1n) is 5.11. The number of rotatable bonds is 4. The van der Waals surface area contributed by atoms with Crippen LogP contribution in [0.3, 0.4) is 0 Å². The number of benzene rings is 2. The Morgan fingerprint density at radius 1 is 1.05 bits per heavy atom. The van der Waals surface area contributed by atoms with Crippen molar-refractivity contribution in [1.29, 1.82) is 0 Å². The van der Waals surface area contributed by atoms with Crippen molar-refractivity contribution >= 4 is 22.5 Å². The van der Waals surface area contributed by atoms with Crippen LogP contribution in [0.4, 0.5) is 15.8 Å². The minimum atomic E-state index is -1.66. The number of nitrogens with one attached hydrogen (secondary N) is 1. The number of nitrogens with two attached hydrogens (primary N) is 1. The van der Waals surface area contributed by atoms with Crippen molar-refractivity contribution < 1.29 is 42.4 Å². The third-order valence-corrected chi connectivity index (χ3v) is 3.04. The van der Waals surface area contributed by atoms with Gasteiger partial charge in [0, 0.05) is 5.69 Å². The van der Waals surface area contributed by atoms with Gasteiger partial charge in [0.15, 0.2) is 0 Å². The fourth-order valence-electron chi connectivity index (χ4n) is 1.23. The molecule has 94 valence electrons. The van der Waals surface area contributed by atoms with Gasteiger partial charge in [0.2, 0.25) is 11.1 Å². The van der Waals surface area contributed by atoms with E-state index in [1.165, 1.54) is 24.3 Å². The summed E-state index contributed by atoms with van der Waals surface area (Å²) in [5, 5.41) is 0. The minimum absolute atomic E-state index is 0. The first kappa shape index (κ1) is 16.1. The second-order valence-corrected chi connectivity index (χ2v) is 4.60. The number of anilines is 2. The Kier molecular flexibility index (Phi) is 6.47. The van der Waals surface area contributed by atoms with Crippen LogP contribution in [0.15, 0.2) is 53.4 Å². The smallest absolute Gasteiger partial charge is 0.399 e. The molecule has 3 N–H and O–H groups in total. The fourth-order valence-corrected chi connectivity index (χ4v) is 1.86. The Balaban J connectivity index is 0.00000180. The predicted molar refractivity (Wildman–Crippen MR) is 68.4 cm³/mol. The summed E-state index contributed by atoms with van der Waals surface area (Å²) in [6.07, 6.45) is 0. The van der Waals surface area contributed by atoms with E-state index in [-0.39, 0.29) is 35.4 Å². The van der Waals surface area contributed by atoms with Crippen molar-refractivity contribution in [1.82, 2.24) is 0 Å². The van der Waals surface area contributed by atoms with E-state index < -0.39 is 11.1 Å². The molecule has 19 heavy (non-hydrogen) atoms. The Bertz CT molecular complexity index is 549. The molecule has 0 fully saturated rings. The number of halogens is 1. The minimum Gasteiger partial charge on any atom is -0.399 e. The van der Waals surface area contributed by atoms with Crippen molar-refractivity contribution in [3.8, 4) is 0 Å². The molecule has 4 nitrogen and oxygen atoms in total. The molecule has 2 aromatic carbocycles. The average molecular weight is 289 g/mol. The van der Waals surface area contributed by atoms with E-state index >= 15 is 0 Å². The van der Waals surface area contributed by atoms with Crippen LogP contribution in [0, 0.1) is 5.82 Å². The summed E-state index contributed by atoms with van der Waals surface area (Å²) < 4.78 is 29.3. The molecule has 0 aliphatic rings. The topological polar surface area (TPSA) is 64.4 Å². The van der Waals surface area contributed by atoms with Crippen molar-refractivity contribution in [2.75, 3.05) is 11.2 Å². The largest absolute Gasteiger partial charge is 1.00 e. The van der Waals surface area contributed by atoms with Gasteiger partial charge in [-0.2, -0.15) is 4.28 Å². The molecule has 2 aromatic rings. The van der Waals surface area contributed by atoms with Crippen molar-refractivity contribution in [2.24, 2.45) is 0 Å². The third kappa shape index (κ3) is 4.93. The molecule has 1 unspecified atom stereocenters. The van der Waals surface area contributed by atoms with Crippen LogP contribution in [-0.2, 0) is 15.4 Å². The van der Waals surface area contributed by atoms with E-state index in [4.69, 9.17) is 10.0 Å². The van der Waals surface area contributed by atoms with Gasteiger partial charge in [-0.3, -0.25) is 5.48 Å². The van der Waals surface area contributed by atoms with E-state index in [2.05, 4.69) is 5.48 Å². The maximum absolute atomic E-state index is 12.6. The first-order valence-corrected chi connectivity index (χ1v) is 6.19. The van der Waals surface area contributed by atoms with Crippen LogP contribution in [0.2, 0.25) is 0 Å². The van der Waals surface area contributed by atoms with Gasteiger partial charge in [0.25, 0.3) is 0 Å². The maximum atomic E-state index is 12.6. The van der Waals surface area contributed by atoms with Crippen molar-refractivity contribution in [3.63, 3.8) is 0 Å². The van der Waals surface area contributed by atoms with E-state index in [1.54, 1.807) is 24.3 Å². The summed E-state index contributed by atoms with van der Waals surface area (Å²) >= 11 is -1.66. The van der Waals surface area contributed by atoms with Gasteiger partial charge >= 0.3 is 29.6 Å². The molecule has 0 saturated carbocycles. The van der Waals surface area contributed by atoms with Gasteiger partial charge in [-0.1, -0.05) is 0 Å². The van der Waals surface area contributed by atoms with Gasteiger partial charge in [-0.15, -0.1) is 0 Å². The zero-order chi connectivity index (χ0) is 13.0. The van der Waals surface area contributed by atoms with E-state index in [0.717, 1.165) is 0 Å². The molecule has 1 atom stereocenters. The SMILES string of the molecule is Nc1ccc(S(=O)ONc2ccc(F)cc2)cc1.[Na+]. The fraction of sp³-hybridized carbons (Fsp3) is 0. The van der Waals surface area contributed by atoms with Crippen LogP contribution < -0.4 is 40.8 Å². The van der Waals surface area contributed by atoms with Crippen LogP contribution >= 0.6 is 0 Å². The molecule has 0 amide bonds. The second kappa shape index (κ2) is 7.62. The molecule has 0 aliphatic carbocycles. The molecule has 0 aliphatic heterocycles. The van der Waals surface area contributed by atoms with Crippen molar-refractivity contribution in [3.05, 3.63) is 54.3 Å². The Morgan fingerprint density at radius 3 is 2.21 bits per heavy atom. The molecular formula is C12H11FN2NaO2S+. The van der Waals surface area contributed by atoms with Crippen LogP contribution in [0.1, 0.15) is 0 Å². The normalized spacial score (nSPS) is 11.4. The van der Waals surface area contributed by atoms with E-state index in [1.807, 2.05) is 0 Å². The number of hydrogen-bond donors (Lipinski definition) is 2. The van der Waals surface area contributed by atoms with Gasteiger partial charge in [0.05, 0.1) is 10.6 Å². The summed E-state index contributed by atoms with van der Waals surface area (Å²) in [4.78, 5) is 0.485. The summed E-state index contributed by atoms with van der Waals surface area (Å²) in [5.41, 5.74) is 9.10. The molecule has 0 spiro atoms. The quantitative estimate of drug-likeness (QED) is 0.451. The summed E-state index contributed by atoms with van der Waals surface area (Å²) in [7, 11) is 0. The van der Waals surface area contributed by atoms with Gasteiger partial charge in [-0.25, -0.2) is 8.60 Å². The molecule has 7 heteroatoms. The zero-order valence-electron chi connectivity index (χ0n) is 10.3. The number of hydrogen-bond acceptors (Lipinski definition) is 4. The Labute approximate surface area is 135 Å². The molecule has 0 saturated heterocycles. The van der Waals surface area contributed by atoms with Gasteiger partial charge in [-0.05, 0) is 48.5 Å². The summed E-state index contributed by atoms with van der Waals surface area (Å²) in [6.45, 7) is 0. The van der Waals surface area contributed by atoms with Crippen LogP contribution in [0.25, 0.3) is 0 Å². The monoisotopic (exact) mass is 289 g/mol. The summed E-state index contributed by atoms with van der Waals surface area (Å²) in [5.74, 6) is -0.347. The molecular weight excluding hydrogens is 278 g/mol. The van der Waals surface area contributed by atoms with Crippen LogP contribution in [0.5, 0.6) is 0 Å². The average Bonchev–Trinajstić information content (AvgIpc) is 2.38. The van der Waals surface area contributed by atoms with E-state index in [0.29, 0.717) is 16.3 Å². The molecule has 0 bridgehead atoms. The van der Waals surface area contributed by atoms with Gasteiger partial charge < -0.3 is 5.73 Å². The standard InChI is InChI=1S/C12H11FN2O2S.Na/c13-9-1-5-11(6-2-9)15-17-18(16)12-7-3-10(14)4-8-12;/h1-8,15H,14H2;/q;+1. The Hall–Kier alpha value is -0.920. The second-order valence-electron chi connectivity index (χ2n) is 3.50. The zero-order valence-corrected chi connectivity index (χ0v) is 13.1. The summed E-state index contributed by atoms with van der Waals surface area (Å²) in [6, 6.07) is 12.0. The molecule has 0 radical (unpaired) electrons.